The molecule has 0 saturated carbocycles. The lowest BCUT2D eigenvalue weighted by Gasteiger charge is -2.28. The van der Waals surface area contributed by atoms with Gasteiger partial charge >= 0.3 is 0 Å². The van der Waals surface area contributed by atoms with Gasteiger partial charge in [-0.15, -0.1) is 13.2 Å². The molecule has 4 nitrogen and oxygen atoms in total. The number of hydrogen-bond acceptors (Lipinski definition) is 4. The minimum absolute atomic E-state index is 0.437. The maximum atomic E-state index is 9.98. The average molecular weight is 385 g/mol. The van der Waals surface area contributed by atoms with Crippen LogP contribution in [0, 0.1) is 0 Å². The van der Waals surface area contributed by atoms with E-state index in [2.05, 4.69) is 13.2 Å². The monoisotopic (exact) mass is 384 g/mol. The standard InChI is InChI=1S/2C12H16O2/c2*1-3-12(14,4-2)11(13)10-8-6-5-7-9-10/h2*3,5-9,11,13-14H,1,4H2,2H3/t2*11-,12+/m10/s1. The molecule has 0 aliphatic carbocycles. The summed E-state index contributed by atoms with van der Waals surface area (Å²) in [6.07, 6.45) is 1.84. The topological polar surface area (TPSA) is 80.9 Å². The Bertz CT molecular complexity index is 652. The van der Waals surface area contributed by atoms with Crippen LogP contribution in [-0.2, 0) is 0 Å². The molecule has 0 spiro atoms. The van der Waals surface area contributed by atoms with Gasteiger partial charge in [0.15, 0.2) is 0 Å². The molecule has 0 heterocycles. The van der Waals surface area contributed by atoms with E-state index in [1.807, 2.05) is 50.2 Å². The summed E-state index contributed by atoms with van der Waals surface area (Å²) in [6.45, 7) is 10.7. The third-order valence-corrected chi connectivity index (χ3v) is 5.02. The molecular formula is C24H32O4. The van der Waals surface area contributed by atoms with Gasteiger partial charge in [-0.25, -0.2) is 0 Å². The van der Waals surface area contributed by atoms with Crippen LogP contribution in [0.3, 0.4) is 0 Å². The molecule has 0 aromatic heterocycles. The van der Waals surface area contributed by atoms with Gasteiger partial charge in [-0.05, 0) is 24.0 Å². The van der Waals surface area contributed by atoms with Gasteiger partial charge in [0.25, 0.3) is 0 Å². The Labute approximate surface area is 168 Å². The van der Waals surface area contributed by atoms with Crippen molar-refractivity contribution < 1.29 is 20.4 Å². The molecular weight excluding hydrogens is 352 g/mol. The van der Waals surface area contributed by atoms with E-state index < -0.39 is 23.4 Å². The third-order valence-electron chi connectivity index (χ3n) is 5.02. The molecule has 2 aromatic carbocycles. The first kappa shape index (κ1) is 23.8. The molecule has 4 atom stereocenters. The summed E-state index contributed by atoms with van der Waals surface area (Å²) < 4.78 is 0. The van der Waals surface area contributed by atoms with E-state index in [-0.39, 0.29) is 0 Å². The van der Waals surface area contributed by atoms with Gasteiger partial charge < -0.3 is 20.4 Å². The van der Waals surface area contributed by atoms with Crippen LogP contribution in [0.25, 0.3) is 0 Å². The minimum atomic E-state index is -1.23. The maximum Gasteiger partial charge on any atom is 0.112 e. The van der Waals surface area contributed by atoms with E-state index in [1.54, 1.807) is 24.3 Å². The first-order chi connectivity index (χ1) is 13.3. The minimum Gasteiger partial charge on any atom is -0.385 e. The number of rotatable bonds is 8. The van der Waals surface area contributed by atoms with Crippen LogP contribution in [0.5, 0.6) is 0 Å². The van der Waals surface area contributed by atoms with Crippen LogP contribution < -0.4 is 0 Å². The van der Waals surface area contributed by atoms with Gasteiger partial charge in [-0.2, -0.15) is 0 Å². The van der Waals surface area contributed by atoms with E-state index in [9.17, 15) is 20.4 Å². The lowest BCUT2D eigenvalue weighted by molar-refractivity contribution is -0.0433. The average Bonchev–Trinajstić information content (AvgIpc) is 2.78. The SMILES string of the molecule is C=C[C@@](O)(CC)[C@@H](O)c1ccccc1.C=C[C@](O)(CC)[C@H](O)c1ccccc1. The van der Waals surface area contributed by atoms with Crippen LogP contribution in [0.2, 0.25) is 0 Å². The summed E-state index contributed by atoms with van der Waals surface area (Å²) in [7, 11) is 0. The van der Waals surface area contributed by atoms with Gasteiger partial charge in [0.05, 0.1) is 0 Å². The Kier molecular flexibility index (Phi) is 9.29. The highest BCUT2D eigenvalue weighted by Crippen LogP contribution is 2.30. The second kappa shape index (κ2) is 10.9. The number of hydrogen-bond donors (Lipinski definition) is 4. The van der Waals surface area contributed by atoms with Crippen molar-refractivity contribution in [1.82, 2.24) is 0 Å². The highest BCUT2D eigenvalue weighted by molar-refractivity contribution is 5.23. The zero-order valence-corrected chi connectivity index (χ0v) is 16.7. The lowest BCUT2D eigenvalue weighted by atomic mass is 9.89. The first-order valence-corrected chi connectivity index (χ1v) is 9.45. The molecule has 2 rings (SSSR count). The number of benzene rings is 2. The smallest absolute Gasteiger partial charge is 0.112 e. The van der Waals surface area contributed by atoms with E-state index in [0.717, 1.165) is 0 Å². The lowest BCUT2D eigenvalue weighted by Crippen LogP contribution is -2.33. The summed E-state index contributed by atoms with van der Waals surface area (Å²) in [4.78, 5) is 0. The van der Waals surface area contributed by atoms with Gasteiger partial charge in [0, 0.05) is 0 Å². The molecule has 4 heteroatoms. The summed E-state index contributed by atoms with van der Waals surface area (Å²) in [5.41, 5.74) is -1.06. The Morgan fingerprint density at radius 2 is 1.00 bits per heavy atom. The Morgan fingerprint density at radius 1 is 0.714 bits per heavy atom. The van der Waals surface area contributed by atoms with Crippen LogP contribution in [0.15, 0.2) is 86.0 Å². The van der Waals surface area contributed by atoms with Gasteiger partial charge in [0.2, 0.25) is 0 Å². The van der Waals surface area contributed by atoms with E-state index >= 15 is 0 Å². The van der Waals surface area contributed by atoms with Crippen molar-refractivity contribution in [3.8, 4) is 0 Å². The normalized spacial score (nSPS) is 17.1. The van der Waals surface area contributed by atoms with Crippen molar-refractivity contribution >= 4 is 0 Å². The van der Waals surface area contributed by atoms with Crippen LogP contribution >= 0.6 is 0 Å². The molecule has 4 N–H and O–H groups in total. The molecule has 0 saturated heterocycles. The number of aliphatic hydroxyl groups is 4. The van der Waals surface area contributed by atoms with Crippen LogP contribution in [0.4, 0.5) is 0 Å². The predicted molar refractivity (Wildman–Crippen MR) is 114 cm³/mol. The van der Waals surface area contributed by atoms with E-state index in [0.29, 0.717) is 24.0 Å². The highest BCUT2D eigenvalue weighted by atomic mass is 16.3. The number of aliphatic hydroxyl groups excluding tert-OH is 2. The van der Waals surface area contributed by atoms with Gasteiger partial charge in [-0.1, -0.05) is 86.7 Å². The Balaban J connectivity index is 0.000000280. The maximum absolute atomic E-state index is 9.98. The fraction of sp³-hybridized carbons (Fsp3) is 0.333. The Morgan fingerprint density at radius 3 is 1.21 bits per heavy atom. The molecule has 0 radical (unpaired) electrons. The van der Waals surface area contributed by atoms with Crippen LogP contribution in [-0.4, -0.2) is 31.6 Å². The molecule has 2 aromatic rings. The van der Waals surface area contributed by atoms with Crippen molar-refractivity contribution in [2.24, 2.45) is 0 Å². The zero-order valence-electron chi connectivity index (χ0n) is 16.7. The third kappa shape index (κ3) is 5.88. The van der Waals surface area contributed by atoms with E-state index in [1.165, 1.54) is 12.2 Å². The predicted octanol–water partition coefficient (Wildman–Crippen LogP) is 4.09. The summed E-state index contributed by atoms with van der Waals surface area (Å²) in [5.74, 6) is 0. The van der Waals surface area contributed by atoms with Crippen molar-refractivity contribution in [2.45, 2.75) is 50.1 Å². The second-order valence-corrected chi connectivity index (χ2v) is 6.72. The zero-order chi connectivity index (χ0) is 21.2. The van der Waals surface area contributed by atoms with Crippen molar-refractivity contribution in [3.63, 3.8) is 0 Å². The molecule has 0 aliphatic rings. The van der Waals surface area contributed by atoms with Crippen molar-refractivity contribution in [3.05, 3.63) is 97.1 Å². The largest absolute Gasteiger partial charge is 0.385 e. The molecule has 0 amide bonds. The van der Waals surface area contributed by atoms with Crippen LogP contribution in [0.1, 0.15) is 50.0 Å². The summed E-state index contributed by atoms with van der Waals surface area (Å²) in [5, 5.41) is 39.8. The molecule has 0 aliphatic heterocycles. The first-order valence-electron chi connectivity index (χ1n) is 9.45. The fourth-order valence-corrected chi connectivity index (χ4v) is 2.75. The summed E-state index contributed by atoms with van der Waals surface area (Å²) >= 11 is 0. The van der Waals surface area contributed by atoms with E-state index in [4.69, 9.17) is 0 Å². The fourth-order valence-electron chi connectivity index (χ4n) is 2.75. The second-order valence-electron chi connectivity index (χ2n) is 6.72. The molecule has 152 valence electrons. The quantitative estimate of drug-likeness (QED) is 0.517. The van der Waals surface area contributed by atoms with Crippen molar-refractivity contribution in [2.75, 3.05) is 0 Å². The molecule has 28 heavy (non-hydrogen) atoms. The highest BCUT2D eigenvalue weighted by Gasteiger charge is 2.32. The van der Waals surface area contributed by atoms with Gasteiger partial charge in [0.1, 0.15) is 23.4 Å². The molecule has 0 unspecified atom stereocenters. The molecule has 0 fully saturated rings. The van der Waals surface area contributed by atoms with Gasteiger partial charge in [-0.3, -0.25) is 0 Å². The van der Waals surface area contributed by atoms with Crippen molar-refractivity contribution in [1.29, 1.82) is 0 Å². The Hall–Kier alpha value is -2.24. The summed E-state index contributed by atoms with van der Waals surface area (Å²) in [6, 6.07) is 18.2. The molecule has 0 bridgehead atoms.